The Labute approximate surface area is 140 Å². The summed E-state index contributed by atoms with van der Waals surface area (Å²) in [5.74, 6) is 0. The third kappa shape index (κ3) is 2.47. The number of likely N-dealkylation sites (N-methyl/N-ethyl adjacent to an activating group) is 1. The van der Waals surface area contributed by atoms with Crippen molar-refractivity contribution in [3.05, 3.63) is 30.2 Å². The van der Waals surface area contributed by atoms with Gasteiger partial charge in [0.25, 0.3) is 0 Å². The van der Waals surface area contributed by atoms with Crippen molar-refractivity contribution in [3.8, 4) is 6.07 Å². The summed E-state index contributed by atoms with van der Waals surface area (Å²) in [4.78, 5) is 14.4. The number of anilines is 1. The topological polar surface area (TPSA) is 80.6 Å². The zero-order chi connectivity index (χ0) is 16.5. The van der Waals surface area contributed by atoms with E-state index in [0.717, 1.165) is 41.6 Å². The zero-order valence-corrected chi connectivity index (χ0v) is 13.7. The maximum absolute atomic E-state index is 9.16. The molecule has 0 amide bonds. The van der Waals surface area contributed by atoms with Gasteiger partial charge >= 0.3 is 0 Å². The standard InChI is InChI=1S/C18H20N6/c1-2-20-12-4-3-7-24(11-12)16-5-6-21-18-17(16)14-8-13(9-19)22-10-15(14)23-18/h5-6,8,10,12,20H,2-4,7,11H2,1H3,(H,21,23)/t12-/m0/s1. The number of pyridine rings is 2. The lowest BCUT2D eigenvalue weighted by Gasteiger charge is -2.35. The third-order valence-corrected chi connectivity index (χ3v) is 4.72. The summed E-state index contributed by atoms with van der Waals surface area (Å²) >= 11 is 0. The highest BCUT2D eigenvalue weighted by Crippen LogP contribution is 2.33. The summed E-state index contributed by atoms with van der Waals surface area (Å²) in [5.41, 5.74) is 3.39. The molecule has 0 unspecified atom stereocenters. The van der Waals surface area contributed by atoms with Crippen molar-refractivity contribution in [1.29, 1.82) is 5.26 Å². The van der Waals surface area contributed by atoms with Gasteiger partial charge in [0.2, 0.25) is 0 Å². The van der Waals surface area contributed by atoms with Gasteiger partial charge < -0.3 is 15.2 Å². The van der Waals surface area contributed by atoms with Crippen LogP contribution < -0.4 is 10.2 Å². The number of nitriles is 1. The minimum absolute atomic E-state index is 0.433. The van der Waals surface area contributed by atoms with Crippen LogP contribution in [0, 0.1) is 11.3 Å². The smallest absolute Gasteiger partial charge is 0.141 e. The lowest BCUT2D eigenvalue weighted by Crippen LogP contribution is -2.45. The number of nitrogens with zero attached hydrogens (tertiary/aromatic N) is 4. The van der Waals surface area contributed by atoms with Gasteiger partial charge in [-0.3, -0.25) is 0 Å². The first-order valence-electron chi connectivity index (χ1n) is 8.45. The molecule has 24 heavy (non-hydrogen) atoms. The molecule has 0 spiro atoms. The normalized spacial score (nSPS) is 18.2. The number of aromatic nitrogens is 3. The number of fused-ring (bicyclic) bond motifs is 3. The van der Waals surface area contributed by atoms with Crippen molar-refractivity contribution >= 4 is 27.6 Å². The quantitative estimate of drug-likeness (QED) is 0.775. The zero-order valence-electron chi connectivity index (χ0n) is 13.7. The number of nitrogens with one attached hydrogen (secondary N) is 2. The number of rotatable bonds is 3. The van der Waals surface area contributed by atoms with E-state index in [1.807, 2.05) is 12.3 Å². The van der Waals surface area contributed by atoms with Crippen LogP contribution in [0.25, 0.3) is 21.9 Å². The second-order valence-electron chi connectivity index (χ2n) is 6.25. The first kappa shape index (κ1) is 14.9. The third-order valence-electron chi connectivity index (χ3n) is 4.72. The molecule has 1 atom stereocenters. The Morgan fingerprint density at radius 1 is 1.46 bits per heavy atom. The van der Waals surface area contributed by atoms with E-state index in [-0.39, 0.29) is 0 Å². The first-order chi connectivity index (χ1) is 11.8. The van der Waals surface area contributed by atoms with Crippen molar-refractivity contribution in [3.63, 3.8) is 0 Å². The van der Waals surface area contributed by atoms with Crippen molar-refractivity contribution in [2.24, 2.45) is 0 Å². The maximum Gasteiger partial charge on any atom is 0.141 e. The van der Waals surface area contributed by atoms with E-state index in [2.05, 4.69) is 44.2 Å². The molecule has 4 rings (SSSR count). The second kappa shape index (κ2) is 6.10. The molecular formula is C18H20N6. The number of H-pyrrole nitrogens is 1. The molecule has 0 aromatic carbocycles. The maximum atomic E-state index is 9.16. The fourth-order valence-electron chi connectivity index (χ4n) is 3.68. The Morgan fingerprint density at radius 2 is 2.38 bits per heavy atom. The fourth-order valence-corrected chi connectivity index (χ4v) is 3.68. The van der Waals surface area contributed by atoms with E-state index < -0.39 is 0 Å². The molecule has 6 heteroatoms. The van der Waals surface area contributed by atoms with Gasteiger partial charge in [-0.05, 0) is 31.5 Å². The van der Waals surface area contributed by atoms with E-state index in [1.54, 1.807) is 6.20 Å². The van der Waals surface area contributed by atoms with Gasteiger partial charge in [-0.2, -0.15) is 5.26 Å². The highest BCUT2D eigenvalue weighted by atomic mass is 15.2. The Morgan fingerprint density at radius 3 is 3.21 bits per heavy atom. The van der Waals surface area contributed by atoms with E-state index in [9.17, 15) is 0 Å². The van der Waals surface area contributed by atoms with Crippen LogP contribution >= 0.6 is 0 Å². The van der Waals surface area contributed by atoms with Crippen LogP contribution in [-0.2, 0) is 0 Å². The SMILES string of the molecule is CCN[C@H]1CCCN(c2ccnc3[nH]c4cnc(C#N)cc4c23)C1. The predicted octanol–water partition coefficient (Wildman–Crippen LogP) is 2.56. The largest absolute Gasteiger partial charge is 0.369 e. The van der Waals surface area contributed by atoms with Crippen molar-refractivity contribution in [2.45, 2.75) is 25.8 Å². The summed E-state index contributed by atoms with van der Waals surface area (Å²) in [6.45, 7) is 5.19. The predicted molar refractivity (Wildman–Crippen MR) is 95.0 cm³/mol. The molecule has 3 aromatic rings. The Kier molecular flexibility index (Phi) is 3.79. The van der Waals surface area contributed by atoms with Gasteiger partial charge in [0.15, 0.2) is 0 Å². The summed E-state index contributed by atoms with van der Waals surface area (Å²) in [5, 5.41) is 14.8. The lowest BCUT2D eigenvalue weighted by atomic mass is 10.0. The molecule has 1 aliphatic heterocycles. The average molecular weight is 320 g/mol. The van der Waals surface area contributed by atoms with Crippen LogP contribution in [0.3, 0.4) is 0 Å². The first-order valence-corrected chi connectivity index (χ1v) is 8.45. The molecule has 1 saturated heterocycles. The molecule has 4 heterocycles. The lowest BCUT2D eigenvalue weighted by molar-refractivity contribution is 0.432. The highest BCUT2D eigenvalue weighted by molar-refractivity contribution is 6.12. The molecule has 3 aromatic heterocycles. The van der Waals surface area contributed by atoms with Crippen LogP contribution in [0.5, 0.6) is 0 Å². The highest BCUT2D eigenvalue weighted by Gasteiger charge is 2.22. The molecule has 122 valence electrons. The van der Waals surface area contributed by atoms with Gasteiger partial charge in [-0.25, -0.2) is 9.97 Å². The van der Waals surface area contributed by atoms with Gasteiger partial charge in [0.05, 0.1) is 17.1 Å². The minimum atomic E-state index is 0.433. The second-order valence-corrected chi connectivity index (χ2v) is 6.25. The van der Waals surface area contributed by atoms with E-state index in [4.69, 9.17) is 5.26 Å². The molecule has 2 N–H and O–H groups in total. The number of hydrogen-bond acceptors (Lipinski definition) is 5. The number of piperidine rings is 1. The molecular weight excluding hydrogens is 300 g/mol. The van der Waals surface area contributed by atoms with Gasteiger partial charge in [0.1, 0.15) is 17.4 Å². The molecule has 0 saturated carbocycles. The molecule has 6 nitrogen and oxygen atoms in total. The van der Waals surface area contributed by atoms with E-state index >= 15 is 0 Å². The van der Waals surface area contributed by atoms with Crippen molar-refractivity contribution < 1.29 is 0 Å². The van der Waals surface area contributed by atoms with Crippen LogP contribution in [0.2, 0.25) is 0 Å². The minimum Gasteiger partial charge on any atom is -0.369 e. The van der Waals surface area contributed by atoms with Crippen LogP contribution in [-0.4, -0.2) is 40.6 Å². The fraction of sp³-hybridized carbons (Fsp3) is 0.389. The van der Waals surface area contributed by atoms with Crippen LogP contribution in [0.15, 0.2) is 24.5 Å². The number of aromatic amines is 1. The molecule has 1 aliphatic rings. The summed E-state index contributed by atoms with van der Waals surface area (Å²) in [7, 11) is 0. The summed E-state index contributed by atoms with van der Waals surface area (Å²) < 4.78 is 0. The Hall–Kier alpha value is -2.65. The number of hydrogen-bond donors (Lipinski definition) is 2. The van der Waals surface area contributed by atoms with Crippen LogP contribution in [0.4, 0.5) is 5.69 Å². The summed E-state index contributed by atoms with van der Waals surface area (Å²) in [6.07, 6.45) is 5.96. The van der Waals surface area contributed by atoms with Gasteiger partial charge in [-0.15, -0.1) is 0 Å². The molecule has 0 aliphatic carbocycles. The molecule has 1 fully saturated rings. The molecule has 0 bridgehead atoms. The summed E-state index contributed by atoms with van der Waals surface area (Å²) in [6, 6.07) is 6.58. The van der Waals surface area contributed by atoms with Gasteiger partial charge in [0, 0.05) is 36.4 Å². The Bertz CT molecular complexity index is 920. The Balaban J connectivity index is 1.84. The van der Waals surface area contributed by atoms with Crippen molar-refractivity contribution in [2.75, 3.05) is 24.5 Å². The van der Waals surface area contributed by atoms with E-state index in [0.29, 0.717) is 11.7 Å². The van der Waals surface area contributed by atoms with E-state index in [1.165, 1.54) is 18.5 Å². The molecule has 0 radical (unpaired) electrons. The van der Waals surface area contributed by atoms with Crippen molar-refractivity contribution in [1.82, 2.24) is 20.3 Å². The van der Waals surface area contributed by atoms with Gasteiger partial charge in [-0.1, -0.05) is 6.92 Å². The average Bonchev–Trinajstić information content (AvgIpc) is 3.00. The monoisotopic (exact) mass is 320 g/mol. The van der Waals surface area contributed by atoms with Crippen LogP contribution in [0.1, 0.15) is 25.5 Å².